The highest BCUT2D eigenvalue weighted by atomic mass is 16.6. The molecule has 0 saturated heterocycles. The lowest BCUT2D eigenvalue weighted by molar-refractivity contribution is -0.385. The molecule has 23 heavy (non-hydrogen) atoms. The number of rotatable bonds is 2. The zero-order chi connectivity index (χ0) is 16.1. The topological polar surface area (TPSA) is 92.8 Å². The van der Waals surface area contributed by atoms with Crippen LogP contribution in [0.5, 0.6) is 0 Å². The summed E-state index contributed by atoms with van der Waals surface area (Å²) in [6, 6.07) is 9.97. The third-order valence-corrected chi connectivity index (χ3v) is 4.37. The highest BCUT2D eigenvalue weighted by Crippen LogP contribution is 2.43. The van der Waals surface area contributed by atoms with Crippen LogP contribution in [-0.4, -0.2) is 16.5 Å². The van der Waals surface area contributed by atoms with E-state index in [0.717, 1.165) is 11.4 Å². The first-order valence-corrected chi connectivity index (χ1v) is 7.08. The number of nitro benzene ring substituents is 2. The molecule has 0 aromatic heterocycles. The van der Waals surface area contributed by atoms with E-state index in [1.54, 1.807) is 12.1 Å². The van der Waals surface area contributed by atoms with Crippen LogP contribution in [-0.2, 0) is 13.1 Å². The van der Waals surface area contributed by atoms with Crippen molar-refractivity contribution in [3.63, 3.8) is 0 Å². The first-order chi connectivity index (χ1) is 11.1. The standard InChI is InChI=1S/C15H12N4O4/c20-18(21)14-5-1-3-12-10(14)7-17-9-16(12)8-11-13(17)4-2-6-15(11)19(22)23/h1-6H,7-9H2. The maximum Gasteiger partial charge on any atom is 0.276 e. The fourth-order valence-electron chi connectivity index (χ4n) is 3.39. The second kappa shape index (κ2) is 4.67. The van der Waals surface area contributed by atoms with Gasteiger partial charge in [-0.1, -0.05) is 12.1 Å². The van der Waals surface area contributed by atoms with Gasteiger partial charge in [-0.15, -0.1) is 0 Å². The summed E-state index contributed by atoms with van der Waals surface area (Å²) in [5.41, 5.74) is 3.04. The summed E-state index contributed by atoms with van der Waals surface area (Å²) in [4.78, 5) is 25.7. The number of hydrogen-bond acceptors (Lipinski definition) is 6. The van der Waals surface area contributed by atoms with Crippen LogP contribution >= 0.6 is 0 Å². The number of fused-ring (bicyclic) bond motifs is 6. The molecule has 0 spiro atoms. The van der Waals surface area contributed by atoms with Gasteiger partial charge in [0.25, 0.3) is 11.4 Å². The number of benzene rings is 2. The van der Waals surface area contributed by atoms with Crippen molar-refractivity contribution >= 4 is 22.7 Å². The quantitative estimate of drug-likeness (QED) is 0.625. The van der Waals surface area contributed by atoms with Gasteiger partial charge in [-0.05, 0) is 12.1 Å². The lowest BCUT2D eigenvalue weighted by atomic mass is 9.99. The smallest absolute Gasteiger partial charge is 0.276 e. The summed E-state index contributed by atoms with van der Waals surface area (Å²) < 4.78 is 0. The maximum absolute atomic E-state index is 11.3. The van der Waals surface area contributed by atoms with Crippen LogP contribution in [0.4, 0.5) is 22.7 Å². The Bertz CT molecular complexity index is 782. The van der Waals surface area contributed by atoms with E-state index in [1.165, 1.54) is 12.1 Å². The summed E-state index contributed by atoms with van der Waals surface area (Å²) in [6.45, 7) is 1.32. The second-order valence-electron chi connectivity index (χ2n) is 5.60. The monoisotopic (exact) mass is 312 g/mol. The van der Waals surface area contributed by atoms with E-state index in [4.69, 9.17) is 0 Å². The Labute approximate surface area is 130 Å². The Morgan fingerprint density at radius 2 is 1.22 bits per heavy atom. The van der Waals surface area contributed by atoms with Crippen molar-refractivity contribution in [1.82, 2.24) is 0 Å². The van der Waals surface area contributed by atoms with Crippen LogP contribution in [0, 0.1) is 20.2 Å². The zero-order valence-corrected chi connectivity index (χ0v) is 12.0. The minimum absolute atomic E-state index is 0.0890. The molecule has 2 aromatic carbocycles. The minimum atomic E-state index is -0.378. The Morgan fingerprint density at radius 1 is 0.783 bits per heavy atom. The van der Waals surface area contributed by atoms with Gasteiger partial charge in [-0.2, -0.15) is 0 Å². The molecule has 0 amide bonds. The number of hydrogen-bond donors (Lipinski definition) is 0. The van der Waals surface area contributed by atoms with Crippen molar-refractivity contribution in [2.45, 2.75) is 13.1 Å². The van der Waals surface area contributed by atoms with Gasteiger partial charge >= 0.3 is 0 Å². The molecule has 0 aliphatic carbocycles. The molecule has 0 unspecified atom stereocenters. The average molecular weight is 312 g/mol. The first-order valence-electron chi connectivity index (χ1n) is 7.08. The van der Waals surface area contributed by atoms with Gasteiger partial charge in [-0.3, -0.25) is 20.2 Å². The molecule has 4 rings (SSSR count). The number of nitrogens with zero attached hydrogens (tertiary/aromatic N) is 4. The second-order valence-corrected chi connectivity index (χ2v) is 5.60. The van der Waals surface area contributed by atoms with Crippen LogP contribution in [0.25, 0.3) is 0 Å². The highest BCUT2D eigenvalue weighted by Gasteiger charge is 2.35. The molecule has 0 atom stereocenters. The molecule has 0 radical (unpaired) electrons. The van der Waals surface area contributed by atoms with Gasteiger partial charge in [0.1, 0.15) is 0 Å². The van der Waals surface area contributed by atoms with Crippen molar-refractivity contribution in [1.29, 1.82) is 0 Å². The number of anilines is 2. The fourth-order valence-corrected chi connectivity index (χ4v) is 3.39. The van der Waals surface area contributed by atoms with Gasteiger partial charge in [0, 0.05) is 12.1 Å². The third-order valence-electron chi connectivity index (χ3n) is 4.37. The summed E-state index contributed by atoms with van der Waals surface area (Å²) >= 11 is 0. The van der Waals surface area contributed by atoms with E-state index in [1.807, 2.05) is 21.9 Å². The van der Waals surface area contributed by atoms with Gasteiger partial charge in [0.2, 0.25) is 0 Å². The molecular formula is C15H12N4O4. The molecule has 2 aliphatic heterocycles. The normalized spacial score (nSPS) is 15.0. The van der Waals surface area contributed by atoms with Crippen molar-refractivity contribution in [3.05, 3.63) is 67.8 Å². The number of nitro groups is 2. The van der Waals surface area contributed by atoms with Gasteiger partial charge in [0.05, 0.1) is 52.1 Å². The van der Waals surface area contributed by atoms with E-state index in [2.05, 4.69) is 0 Å². The summed E-state index contributed by atoms with van der Waals surface area (Å²) in [5, 5.41) is 22.5. The Hall–Kier alpha value is -3.16. The van der Waals surface area contributed by atoms with Crippen LogP contribution in [0.3, 0.4) is 0 Å². The van der Waals surface area contributed by atoms with Crippen molar-refractivity contribution in [2.24, 2.45) is 0 Å². The van der Waals surface area contributed by atoms with Gasteiger partial charge in [-0.25, -0.2) is 0 Å². The summed E-state index contributed by atoms with van der Waals surface area (Å²) in [5.74, 6) is 0. The van der Waals surface area contributed by atoms with E-state index in [-0.39, 0.29) is 21.2 Å². The summed E-state index contributed by atoms with van der Waals surface area (Å²) in [6.07, 6.45) is 0. The molecule has 116 valence electrons. The van der Waals surface area contributed by atoms with Crippen LogP contribution in [0.2, 0.25) is 0 Å². The van der Waals surface area contributed by atoms with Crippen molar-refractivity contribution < 1.29 is 9.85 Å². The lowest BCUT2D eigenvalue weighted by Crippen LogP contribution is -2.46. The molecule has 8 heteroatoms. The van der Waals surface area contributed by atoms with Crippen LogP contribution in [0.15, 0.2) is 36.4 Å². The van der Waals surface area contributed by atoms with E-state index < -0.39 is 0 Å². The molecular weight excluding hydrogens is 300 g/mol. The van der Waals surface area contributed by atoms with Gasteiger partial charge < -0.3 is 9.80 Å². The average Bonchev–Trinajstić information content (AvgIpc) is 2.53. The van der Waals surface area contributed by atoms with Crippen molar-refractivity contribution in [2.75, 3.05) is 16.5 Å². The van der Waals surface area contributed by atoms with Crippen molar-refractivity contribution in [3.8, 4) is 0 Å². The molecule has 8 nitrogen and oxygen atoms in total. The predicted molar refractivity (Wildman–Crippen MR) is 83.4 cm³/mol. The highest BCUT2D eigenvalue weighted by molar-refractivity contribution is 5.73. The SMILES string of the molecule is O=[N+]([O-])c1cccc2c1CN1CN2Cc2c1cccc2[N+](=O)[O-]. The first kappa shape index (κ1) is 13.5. The Morgan fingerprint density at radius 3 is 1.61 bits per heavy atom. The van der Waals surface area contributed by atoms with E-state index in [9.17, 15) is 20.2 Å². The molecule has 2 heterocycles. The van der Waals surface area contributed by atoms with E-state index in [0.29, 0.717) is 30.9 Å². The van der Waals surface area contributed by atoms with Crippen LogP contribution in [0.1, 0.15) is 11.1 Å². The molecule has 2 aliphatic rings. The molecule has 2 aromatic rings. The molecule has 2 bridgehead atoms. The maximum atomic E-state index is 11.3. The summed E-state index contributed by atoms with van der Waals surface area (Å²) in [7, 11) is 0. The van der Waals surface area contributed by atoms with E-state index >= 15 is 0 Å². The minimum Gasteiger partial charge on any atom is -0.349 e. The predicted octanol–water partition coefficient (Wildman–Crippen LogP) is 2.80. The van der Waals surface area contributed by atoms with Gasteiger partial charge in [0.15, 0.2) is 0 Å². The lowest BCUT2D eigenvalue weighted by Gasteiger charge is -2.44. The largest absolute Gasteiger partial charge is 0.349 e. The Kier molecular flexibility index (Phi) is 2.74. The zero-order valence-electron chi connectivity index (χ0n) is 12.0. The van der Waals surface area contributed by atoms with Crippen LogP contribution < -0.4 is 9.80 Å². The molecule has 0 saturated carbocycles. The fraction of sp³-hybridized carbons (Fsp3) is 0.200. The molecule has 0 N–H and O–H groups in total. The third kappa shape index (κ3) is 1.91. The molecule has 0 fully saturated rings. The Balaban J connectivity index is 1.87.